The molecule has 0 aliphatic carbocycles. The fourth-order valence-electron chi connectivity index (χ4n) is 4.84. The molecule has 0 saturated carbocycles. The van der Waals surface area contributed by atoms with Gasteiger partial charge in [0.15, 0.2) is 15.5 Å². The lowest BCUT2D eigenvalue weighted by Crippen LogP contribution is -2.38. The average molecular weight is 453 g/mol. The van der Waals surface area contributed by atoms with E-state index in [4.69, 9.17) is 10.1 Å². The molecule has 0 bridgehead atoms. The van der Waals surface area contributed by atoms with Gasteiger partial charge in [-0.2, -0.15) is 5.10 Å². The summed E-state index contributed by atoms with van der Waals surface area (Å²) in [5.41, 5.74) is 3.53. The molecule has 8 heteroatoms. The topological polar surface area (TPSA) is 85.2 Å². The molecule has 0 N–H and O–H groups in total. The van der Waals surface area contributed by atoms with E-state index in [-0.39, 0.29) is 23.5 Å². The van der Waals surface area contributed by atoms with Crippen LogP contribution in [0, 0.1) is 12.8 Å². The molecule has 1 atom stereocenters. The molecular weight excluding hydrogens is 424 g/mol. The Bertz CT molecular complexity index is 1280. The van der Waals surface area contributed by atoms with Crippen molar-refractivity contribution in [2.24, 2.45) is 5.92 Å². The third kappa shape index (κ3) is 3.81. The maximum atomic E-state index is 13.7. The zero-order valence-corrected chi connectivity index (χ0v) is 19.3. The molecule has 2 aromatic heterocycles. The summed E-state index contributed by atoms with van der Waals surface area (Å²) in [7, 11) is -3.08. The highest BCUT2D eigenvalue weighted by atomic mass is 32.2. The SMILES string of the molecule is Cc1nn([C@@H]2CCS(=O)(=O)C2)c2nc(-c3ccccc3)cc(C(=O)N3CCC(C)CC3)c12. The van der Waals surface area contributed by atoms with Gasteiger partial charge in [-0.15, -0.1) is 0 Å². The number of carbonyl (C=O) groups excluding carboxylic acids is 1. The standard InChI is InChI=1S/C24H28N4O3S/c1-16-8-11-27(12-9-16)24(29)20-14-21(18-6-4-3-5-7-18)25-23-22(20)17(2)26-28(23)19-10-13-32(30,31)15-19/h3-7,14,16,19H,8-13,15H2,1-2H3/t19-/m1/s1. The molecule has 0 radical (unpaired) electrons. The van der Waals surface area contributed by atoms with E-state index in [0.717, 1.165) is 36.9 Å². The van der Waals surface area contributed by atoms with Gasteiger partial charge >= 0.3 is 0 Å². The van der Waals surface area contributed by atoms with E-state index in [1.165, 1.54) is 0 Å². The highest BCUT2D eigenvalue weighted by Gasteiger charge is 2.33. The van der Waals surface area contributed by atoms with Crippen LogP contribution in [0.25, 0.3) is 22.3 Å². The van der Waals surface area contributed by atoms with Crippen LogP contribution in [0.2, 0.25) is 0 Å². The number of likely N-dealkylation sites (tertiary alicyclic amines) is 1. The number of piperidine rings is 1. The van der Waals surface area contributed by atoms with Gasteiger partial charge < -0.3 is 4.90 Å². The molecule has 2 saturated heterocycles. The van der Waals surface area contributed by atoms with Crippen LogP contribution >= 0.6 is 0 Å². The summed E-state index contributed by atoms with van der Waals surface area (Å²) in [5, 5.41) is 5.43. The number of nitrogens with zero attached hydrogens (tertiary/aromatic N) is 4. The predicted octanol–water partition coefficient (Wildman–Crippen LogP) is 3.64. The Labute approximate surface area is 188 Å². The fourth-order valence-corrected chi connectivity index (χ4v) is 6.54. The first-order valence-electron chi connectivity index (χ1n) is 11.3. The first-order valence-corrected chi connectivity index (χ1v) is 13.1. The highest BCUT2D eigenvalue weighted by Crippen LogP contribution is 2.33. The second kappa shape index (κ2) is 7.99. The van der Waals surface area contributed by atoms with Gasteiger partial charge in [0.25, 0.3) is 5.91 Å². The third-order valence-corrected chi connectivity index (χ3v) is 8.51. The average Bonchev–Trinajstić information content (AvgIpc) is 3.32. The van der Waals surface area contributed by atoms with Crippen molar-refractivity contribution in [1.82, 2.24) is 19.7 Å². The van der Waals surface area contributed by atoms with E-state index >= 15 is 0 Å². The van der Waals surface area contributed by atoms with Crippen molar-refractivity contribution < 1.29 is 13.2 Å². The Hall–Kier alpha value is -2.74. The number of pyridine rings is 1. The van der Waals surface area contributed by atoms with Crippen molar-refractivity contribution in [3.05, 3.63) is 47.7 Å². The lowest BCUT2D eigenvalue weighted by Gasteiger charge is -2.30. The van der Waals surface area contributed by atoms with Crippen LogP contribution in [-0.4, -0.2) is 58.6 Å². The van der Waals surface area contributed by atoms with E-state index in [9.17, 15) is 13.2 Å². The number of amides is 1. The van der Waals surface area contributed by atoms with Crippen molar-refractivity contribution in [3.63, 3.8) is 0 Å². The van der Waals surface area contributed by atoms with E-state index in [1.54, 1.807) is 4.68 Å². The molecule has 7 nitrogen and oxygen atoms in total. The zero-order chi connectivity index (χ0) is 22.5. The molecule has 4 heterocycles. The third-order valence-electron chi connectivity index (χ3n) is 6.76. The van der Waals surface area contributed by atoms with E-state index in [1.807, 2.05) is 48.2 Å². The van der Waals surface area contributed by atoms with Crippen LogP contribution in [-0.2, 0) is 9.84 Å². The van der Waals surface area contributed by atoms with Crippen molar-refractivity contribution in [2.75, 3.05) is 24.6 Å². The summed E-state index contributed by atoms with van der Waals surface area (Å²) in [6, 6.07) is 11.4. The number of fused-ring (bicyclic) bond motifs is 1. The largest absolute Gasteiger partial charge is 0.339 e. The van der Waals surface area contributed by atoms with Crippen molar-refractivity contribution >= 4 is 26.8 Å². The maximum Gasteiger partial charge on any atom is 0.254 e. The summed E-state index contributed by atoms with van der Waals surface area (Å²) >= 11 is 0. The number of rotatable bonds is 3. The monoisotopic (exact) mass is 452 g/mol. The van der Waals surface area contributed by atoms with Gasteiger partial charge in [0, 0.05) is 18.7 Å². The summed E-state index contributed by atoms with van der Waals surface area (Å²) < 4.78 is 26.0. The van der Waals surface area contributed by atoms with Crippen molar-refractivity contribution in [3.8, 4) is 11.3 Å². The molecule has 0 unspecified atom stereocenters. The molecule has 2 aliphatic heterocycles. The molecule has 5 rings (SSSR count). The number of sulfone groups is 1. The van der Waals surface area contributed by atoms with Gasteiger partial charge in [-0.25, -0.2) is 18.1 Å². The van der Waals surface area contributed by atoms with Crippen molar-refractivity contribution in [2.45, 2.75) is 39.2 Å². The smallest absolute Gasteiger partial charge is 0.254 e. The van der Waals surface area contributed by atoms with Crippen LogP contribution < -0.4 is 0 Å². The number of aryl methyl sites for hydroxylation is 1. The van der Waals surface area contributed by atoms with Gasteiger partial charge in [0.1, 0.15) is 0 Å². The van der Waals surface area contributed by atoms with Gasteiger partial charge in [-0.1, -0.05) is 37.3 Å². The minimum Gasteiger partial charge on any atom is -0.339 e. The molecule has 168 valence electrons. The number of hydrogen-bond acceptors (Lipinski definition) is 5. The molecule has 1 amide bonds. The van der Waals surface area contributed by atoms with Gasteiger partial charge in [0.2, 0.25) is 0 Å². The molecule has 0 spiro atoms. The molecule has 2 aliphatic rings. The predicted molar refractivity (Wildman–Crippen MR) is 124 cm³/mol. The Morgan fingerprint density at radius 2 is 1.81 bits per heavy atom. The van der Waals surface area contributed by atoms with Gasteiger partial charge in [-0.05, 0) is 38.2 Å². The fraction of sp³-hybridized carbons (Fsp3) is 0.458. The van der Waals surface area contributed by atoms with Gasteiger partial charge in [0.05, 0.1) is 39.9 Å². The first-order chi connectivity index (χ1) is 15.3. The molecule has 1 aromatic carbocycles. The van der Waals surface area contributed by atoms with Crippen LogP contribution in [0.3, 0.4) is 0 Å². The molecule has 2 fully saturated rings. The van der Waals surface area contributed by atoms with Crippen LogP contribution in [0.15, 0.2) is 36.4 Å². The lowest BCUT2D eigenvalue weighted by molar-refractivity contribution is 0.0699. The number of benzene rings is 1. The minimum absolute atomic E-state index is 0.00294. The van der Waals surface area contributed by atoms with E-state index in [0.29, 0.717) is 34.9 Å². The molecular formula is C24H28N4O3S. The Kier molecular flexibility index (Phi) is 5.28. The number of carbonyl (C=O) groups is 1. The second-order valence-electron chi connectivity index (χ2n) is 9.18. The first kappa shape index (κ1) is 21.1. The molecule has 3 aromatic rings. The Balaban J connectivity index is 1.67. The lowest BCUT2D eigenvalue weighted by atomic mass is 9.97. The minimum atomic E-state index is -3.08. The summed E-state index contributed by atoms with van der Waals surface area (Å²) in [6.45, 7) is 5.60. The van der Waals surface area contributed by atoms with E-state index < -0.39 is 9.84 Å². The Morgan fingerprint density at radius 1 is 1.09 bits per heavy atom. The Morgan fingerprint density at radius 3 is 2.47 bits per heavy atom. The number of aromatic nitrogens is 3. The van der Waals surface area contributed by atoms with Crippen LogP contribution in [0.1, 0.15) is 48.3 Å². The van der Waals surface area contributed by atoms with Crippen LogP contribution in [0.4, 0.5) is 0 Å². The second-order valence-corrected chi connectivity index (χ2v) is 11.4. The van der Waals surface area contributed by atoms with E-state index in [2.05, 4.69) is 6.92 Å². The van der Waals surface area contributed by atoms with Crippen LogP contribution in [0.5, 0.6) is 0 Å². The van der Waals surface area contributed by atoms with Crippen molar-refractivity contribution in [1.29, 1.82) is 0 Å². The summed E-state index contributed by atoms with van der Waals surface area (Å²) in [5.74, 6) is 0.857. The number of hydrogen-bond donors (Lipinski definition) is 0. The van der Waals surface area contributed by atoms with Gasteiger partial charge in [-0.3, -0.25) is 4.79 Å². The zero-order valence-electron chi connectivity index (χ0n) is 18.5. The molecule has 32 heavy (non-hydrogen) atoms. The highest BCUT2D eigenvalue weighted by molar-refractivity contribution is 7.91. The normalized spacial score (nSPS) is 21.3. The summed E-state index contributed by atoms with van der Waals surface area (Å²) in [4.78, 5) is 20.5. The summed E-state index contributed by atoms with van der Waals surface area (Å²) in [6.07, 6.45) is 2.52. The quantitative estimate of drug-likeness (QED) is 0.606. The maximum absolute atomic E-state index is 13.7.